The number of ether oxygens (including phenoxy) is 2. The van der Waals surface area contributed by atoms with Crippen molar-refractivity contribution < 1.29 is 18.7 Å². The van der Waals surface area contributed by atoms with E-state index in [9.17, 15) is 4.79 Å². The van der Waals surface area contributed by atoms with Crippen molar-refractivity contribution in [3.8, 4) is 11.8 Å². The molecule has 30 heavy (non-hydrogen) atoms. The minimum absolute atomic E-state index is 0.0421. The fourth-order valence-corrected chi connectivity index (χ4v) is 4.68. The standard InChI is InChI=1S/C21H27N5O4/c1-14-18(15-6-8-25(14)9-7-15)22-19(27)16-2-4-17(5-3-16)29-21-24-23-20(30-21)26-10-12-28-13-11-26/h2-5,14-15,18H,6-13H2,1H3,(H,22,27)/t14-,18-/m0/s1. The molecular formula is C21H27N5O4. The number of aromatic nitrogens is 2. The van der Waals surface area contributed by atoms with Gasteiger partial charge >= 0.3 is 12.1 Å². The molecule has 1 aromatic heterocycles. The van der Waals surface area contributed by atoms with Gasteiger partial charge in [-0.1, -0.05) is 10.2 Å². The summed E-state index contributed by atoms with van der Waals surface area (Å²) in [5.41, 5.74) is 0.616. The van der Waals surface area contributed by atoms with Crippen molar-refractivity contribution in [2.75, 3.05) is 44.3 Å². The van der Waals surface area contributed by atoms with Gasteiger partial charge in [0.1, 0.15) is 5.75 Å². The van der Waals surface area contributed by atoms with Crippen LogP contribution in [0.2, 0.25) is 0 Å². The number of fused-ring (bicyclic) bond motifs is 3. The molecule has 4 fully saturated rings. The quantitative estimate of drug-likeness (QED) is 0.795. The number of rotatable bonds is 5. The SMILES string of the molecule is C[C@H]1[C@H](NC(=O)c2ccc(Oc3nnc(N4CCOCC4)o3)cc2)C2CCN1CC2. The highest BCUT2D eigenvalue weighted by molar-refractivity contribution is 5.94. The molecule has 4 saturated heterocycles. The summed E-state index contributed by atoms with van der Waals surface area (Å²) in [4.78, 5) is 17.2. The lowest BCUT2D eigenvalue weighted by atomic mass is 9.79. The Morgan fingerprint density at radius 3 is 2.53 bits per heavy atom. The second-order valence-corrected chi connectivity index (χ2v) is 8.19. The number of carbonyl (C=O) groups is 1. The minimum Gasteiger partial charge on any atom is -0.410 e. The van der Waals surface area contributed by atoms with Crippen LogP contribution in [0.15, 0.2) is 28.7 Å². The maximum atomic E-state index is 12.8. The number of nitrogens with zero attached hydrogens (tertiary/aromatic N) is 4. The van der Waals surface area contributed by atoms with Crippen molar-refractivity contribution in [1.82, 2.24) is 20.4 Å². The zero-order valence-corrected chi connectivity index (χ0v) is 17.1. The van der Waals surface area contributed by atoms with Gasteiger partial charge in [-0.05, 0) is 63.0 Å². The minimum atomic E-state index is -0.0421. The fraction of sp³-hybridized carbons (Fsp3) is 0.571. The molecule has 5 heterocycles. The summed E-state index contributed by atoms with van der Waals surface area (Å²) in [5.74, 6) is 1.08. The molecule has 1 amide bonds. The molecule has 4 aliphatic heterocycles. The Balaban J connectivity index is 1.19. The van der Waals surface area contributed by atoms with E-state index in [-0.39, 0.29) is 18.0 Å². The Morgan fingerprint density at radius 2 is 1.83 bits per heavy atom. The molecule has 0 unspecified atom stereocenters. The smallest absolute Gasteiger partial charge is 0.410 e. The first-order valence-electron chi connectivity index (χ1n) is 10.7. The molecule has 2 aromatic rings. The van der Waals surface area contributed by atoms with Crippen molar-refractivity contribution in [3.05, 3.63) is 29.8 Å². The second kappa shape index (κ2) is 8.23. The Hall–Kier alpha value is -2.65. The van der Waals surface area contributed by atoms with Crippen LogP contribution in [0, 0.1) is 5.92 Å². The summed E-state index contributed by atoms with van der Waals surface area (Å²) in [6.07, 6.45) is 2.41. The van der Waals surface area contributed by atoms with Gasteiger partial charge in [0, 0.05) is 30.7 Å². The van der Waals surface area contributed by atoms with E-state index in [1.807, 2.05) is 4.90 Å². The Morgan fingerprint density at radius 1 is 1.10 bits per heavy atom. The van der Waals surface area contributed by atoms with Crippen molar-refractivity contribution in [3.63, 3.8) is 0 Å². The lowest BCUT2D eigenvalue weighted by Crippen LogP contribution is -2.62. The van der Waals surface area contributed by atoms with Crippen LogP contribution in [0.4, 0.5) is 6.01 Å². The summed E-state index contributed by atoms with van der Waals surface area (Å²) in [6, 6.07) is 8.04. The van der Waals surface area contributed by atoms with Crippen molar-refractivity contribution in [2.45, 2.75) is 31.8 Å². The summed E-state index contributed by atoms with van der Waals surface area (Å²) in [7, 11) is 0. The highest BCUT2D eigenvalue weighted by atomic mass is 16.6. The average molecular weight is 413 g/mol. The van der Waals surface area contributed by atoms with E-state index in [0.717, 1.165) is 13.1 Å². The van der Waals surface area contributed by atoms with E-state index in [0.29, 0.717) is 55.6 Å². The molecular weight excluding hydrogens is 386 g/mol. The van der Waals surface area contributed by atoms with Gasteiger partial charge in [0.25, 0.3) is 5.91 Å². The van der Waals surface area contributed by atoms with Gasteiger partial charge in [0.2, 0.25) is 0 Å². The van der Waals surface area contributed by atoms with Crippen LogP contribution in [0.1, 0.15) is 30.1 Å². The van der Waals surface area contributed by atoms with Crippen LogP contribution in [-0.2, 0) is 4.74 Å². The van der Waals surface area contributed by atoms with Gasteiger partial charge in [-0.25, -0.2) is 0 Å². The molecule has 9 heteroatoms. The molecule has 0 aliphatic carbocycles. The molecule has 0 spiro atoms. The van der Waals surface area contributed by atoms with E-state index in [4.69, 9.17) is 13.9 Å². The van der Waals surface area contributed by atoms with Crippen molar-refractivity contribution in [2.24, 2.45) is 5.92 Å². The van der Waals surface area contributed by atoms with E-state index in [1.165, 1.54) is 12.8 Å². The van der Waals surface area contributed by atoms with Crippen LogP contribution in [0.3, 0.4) is 0 Å². The molecule has 0 radical (unpaired) electrons. The number of piperidine rings is 3. The van der Waals surface area contributed by atoms with Gasteiger partial charge < -0.3 is 24.1 Å². The highest BCUT2D eigenvalue weighted by Gasteiger charge is 2.40. The van der Waals surface area contributed by atoms with Gasteiger partial charge in [-0.15, -0.1) is 0 Å². The zero-order chi connectivity index (χ0) is 20.5. The number of morpholine rings is 1. The van der Waals surface area contributed by atoms with Crippen LogP contribution in [0.25, 0.3) is 0 Å². The van der Waals surface area contributed by atoms with Crippen LogP contribution < -0.4 is 15.0 Å². The molecule has 4 aliphatic rings. The van der Waals surface area contributed by atoms with Crippen molar-refractivity contribution in [1.29, 1.82) is 0 Å². The summed E-state index contributed by atoms with van der Waals surface area (Å²) >= 11 is 0. The number of hydrogen-bond donors (Lipinski definition) is 1. The molecule has 160 valence electrons. The Labute approximate surface area is 175 Å². The third kappa shape index (κ3) is 3.87. The maximum Gasteiger partial charge on any atom is 0.421 e. The number of nitrogens with one attached hydrogen (secondary N) is 1. The molecule has 0 saturated carbocycles. The molecule has 6 rings (SSSR count). The monoisotopic (exact) mass is 413 g/mol. The largest absolute Gasteiger partial charge is 0.421 e. The zero-order valence-electron chi connectivity index (χ0n) is 17.1. The molecule has 1 aromatic carbocycles. The van der Waals surface area contributed by atoms with E-state index >= 15 is 0 Å². The molecule has 1 N–H and O–H groups in total. The van der Waals surface area contributed by atoms with E-state index in [2.05, 4.69) is 27.3 Å². The lowest BCUT2D eigenvalue weighted by molar-refractivity contribution is 0.0217. The summed E-state index contributed by atoms with van der Waals surface area (Å²) in [5, 5.41) is 11.2. The van der Waals surface area contributed by atoms with Crippen LogP contribution >= 0.6 is 0 Å². The normalized spacial score (nSPS) is 28.4. The Bertz CT molecular complexity index is 870. The summed E-state index contributed by atoms with van der Waals surface area (Å²) < 4.78 is 16.6. The Kier molecular flexibility index (Phi) is 5.30. The first kappa shape index (κ1) is 19.3. The van der Waals surface area contributed by atoms with Crippen LogP contribution in [-0.4, -0.2) is 72.5 Å². The highest BCUT2D eigenvalue weighted by Crippen LogP contribution is 2.32. The number of benzene rings is 1. The summed E-state index contributed by atoms with van der Waals surface area (Å²) in [6.45, 7) is 7.21. The lowest BCUT2D eigenvalue weighted by Gasteiger charge is -2.49. The fourth-order valence-electron chi connectivity index (χ4n) is 4.68. The first-order chi connectivity index (χ1) is 14.7. The van der Waals surface area contributed by atoms with E-state index < -0.39 is 0 Å². The number of anilines is 1. The van der Waals surface area contributed by atoms with Gasteiger partial charge in [0.05, 0.1) is 13.2 Å². The first-order valence-corrected chi connectivity index (χ1v) is 10.7. The van der Waals surface area contributed by atoms with E-state index in [1.54, 1.807) is 24.3 Å². The van der Waals surface area contributed by atoms with Gasteiger partial charge in [-0.3, -0.25) is 9.69 Å². The third-order valence-corrected chi connectivity index (χ3v) is 6.47. The predicted octanol–water partition coefficient (Wildman–Crippen LogP) is 1.91. The molecule has 2 atom stereocenters. The molecule has 9 nitrogen and oxygen atoms in total. The maximum absolute atomic E-state index is 12.8. The number of carbonyl (C=O) groups excluding carboxylic acids is 1. The second-order valence-electron chi connectivity index (χ2n) is 8.19. The third-order valence-electron chi connectivity index (χ3n) is 6.47. The molecule has 2 bridgehead atoms. The van der Waals surface area contributed by atoms with Crippen LogP contribution in [0.5, 0.6) is 11.8 Å². The predicted molar refractivity (Wildman–Crippen MR) is 109 cm³/mol. The topological polar surface area (TPSA) is 93.0 Å². The van der Waals surface area contributed by atoms with Gasteiger partial charge in [0.15, 0.2) is 0 Å². The average Bonchev–Trinajstić information content (AvgIpc) is 3.26. The number of amides is 1. The number of hydrogen-bond acceptors (Lipinski definition) is 8. The van der Waals surface area contributed by atoms with Crippen molar-refractivity contribution >= 4 is 11.9 Å². The van der Waals surface area contributed by atoms with Gasteiger partial charge in [-0.2, -0.15) is 0 Å².